The zero-order valence-electron chi connectivity index (χ0n) is 16.3. The maximum absolute atomic E-state index is 14.9. The molecule has 1 nitrogen and oxygen atoms in total. The Bertz CT molecular complexity index is 1200. The van der Waals surface area contributed by atoms with Gasteiger partial charge in [0.1, 0.15) is 5.82 Å². The monoisotopic (exact) mass is 477 g/mol. The van der Waals surface area contributed by atoms with E-state index in [9.17, 15) is 30.7 Å². The van der Waals surface area contributed by atoms with Crippen LogP contribution in [0, 0.1) is 26.6 Å². The summed E-state index contributed by atoms with van der Waals surface area (Å²) in [6.07, 6.45) is 0. The standard InChI is InChI=1S/C21H14F7NS2/c1-9-18(31-11(3)29-9)17-16(19(23,24)21(27,28)20(17,25)26)14-8-15(30-10(14)2)12-4-6-13(22)7-5-12/h4-8H,1-3H3. The van der Waals surface area contributed by atoms with Gasteiger partial charge in [-0.05, 0) is 50.1 Å². The molecular weight excluding hydrogens is 463 g/mol. The molecule has 0 bridgehead atoms. The SMILES string of the molecule is Cc1nc(C)c(C2=C(c3cc(-c4ccc(F)cc4)sc3C)C(F)(F)C(F)(F)C2(F)F)s1. The van der Waals surface area contributed by atoms with Crippen molar-refractivity contribution >= 4 is 33.8 Å². The lowest BCUT2D eigenvalue weighted by Gasteiger charge is -2.25. The fourth-order valence-corrected chi connectivity index (χ4v) is 5.67. The summed E-state index contributed by atoms with van der Waals surface area (Å²) >= 11 is 1.65. The van der Waals surface area contributed by atoms with Crippen molar-refractivity contribution in [1.29, 1.82) is 0 Å². The molecule has 2 aromatic heterocycles. The molecule has 0 unspecified atom stereocenters. The first-order chi connectivity index (χ1) is 14.3. The van der Waals surface area contributed by atoms with E-state index in [4.69, 9.17) is 0 Å². The van der Waals surface area contributed by atoms with E-state index in [2.05, 4.69) is 4.98 Å². The summed E-state index contributed by atoms with van der Waals surface area (Å²) in [6, 6.07) is 6.28. The molecule has 0 N–H and O–H groups in total. The van der Waals surface area contributed by atoms with Crippen LogP contribution in [-0.4, -0.2) is 22.8 Å². The van der Waals surface area contributed by atoms with Crippen LogP contribution < -0.4 is 0 Å². The molecule has 0 saturated heterocycles. The fraction of sp³-hybridized carbons (Fsp3) is 0.286. The number of benzene rings is 1. The second-order valence-electron chi connectivity index (χ2n) is 7.21. The average Bonchev–Trinajstić information content (AvgIpc) is 3.23. The highest BCUT2D eigenvalue weighted by molar-refractivity contribution is 7.15. The van der Waals surface area contributed by atoms with Gasteiger partial charge in [0.05, 0.1) is 21.2 Å². The molecule has 0 atom stereocenters. The van der Waals surface area contributed by atoms with Crippen LogP contribution >= 0.6 is 22.7 Å². The molecule has 4 rings (SSSR count). The maximum atomic E-state index is 14.9. The highest BCUT2D eigenvalue weighted by Gasteiger charge is 2.80. The highest BCUT2D eigenvalue weighted by Crippen LogP contribution is 2.66. The molecule has 1 aliphatic carbocycles. The van der Waals surface area contributed by atoms with Gasteiger partial charge in [0, 0.05) is 15.3 Å². The van der Waals surface area contributed by atoms with E-state index in [1.807, 2.05) is 0 Å². The molecule has 0 spiro atoms. The predicted octanol–water partition coefficient (Wildman–Crippen LogP) is 7.77. The zero-order chi connectivity index (χ0) is 22.9. The summed E-state index contributed by atoms with van der Waals surface area (Å²) in [5.74, 6) is -16.3. The van der Waals surface area contributed by atoms with E-state index in [1.54, 1.807) is 0 Å². The normalized spacial score (nSPS) is 19.3. The van der Waals surface area contributed by atoms with Crippen LogP contribution in [0.3, 0.4) is 0 Å². The number of halogens is 7. The Morgan fingerprint density at radius 3 is 1.94 bits per heavy atom. The molecule has 31 heavy (non-hydrogen) atoms. The smallest absolute Gasteiger partial charge is 0.246 e. The van der Waals surface area contributed by atoms with E-state index in [-0.39, 0.29) is 21.0 Å². The third-order valence-corrected chi connectivity index (χ3v) is 7.30. The van der Waals surface area contributed by atoms with Crippen molar-refractivity contribution in [2.75, 3.05) is 0 Å². The van der Waals surface area contributed by atoms with Crippen LogP contribution in [0.5, 0.6) is 0 Å². The Labute approximate surface area is 180 Å². The number of alkyl halides is 6. The Morgan fingerprint density at radius 2 is 1.39 bits per heavy atom. The minimum Gasteiger partial charge on any atom is -0.246 e. The largest absolute Gasteiger partial charge is 0.380 e. The predicted molar refractivity (Wildman–Crippen MR) is 108 cm³/mol. The molecule has 1 aliphatic rings. The van der Waals surface area contributed by atoms with Crippen molar-refractivity contribution in [3.63, 3.8) is 0 Å². The molecule has 0 aliphatic heterocycles. The summed E-state index contributed by atoms with van der Waals surface area (Å²) in [7, 11) is 0. The first-order valence-corrected chi connectivity index (χ1v) is 10.6. The molecule has 0 fully saturated rings. The van der Waals surface area contributed by atoms with Gasteiger partial charge in [-0.25, -0.2) is 9.37 Å². The summed E-state index contributed by atoms with van der Waals surface area (Å²) in [5.41, 5.74) is -2.73. The van der Waals surface area contributed by atoms with Gasteiger partial charge >= 0.3 is 17.8 Å². The lowest BCUT2D eigenvalue weighted by atomic mass is 9.97. The number of allylic oxidation sites excluding steroid dienone is 2. The van der Waals surface area contributed by atoms with Crippen molar-refractivity contribution < 1.29 is 30.7 Å². The van der Waals surface area contributed by atoms with Crippen molar-refractivity contribution in [3.05, 3.63) is 62.2 Å². The molecule has 0 saturated carbocycles. The topological polar surface area (TPSA) is 12.9 Å². The van der Waals surface area contributed by atoms with Gasteiger partial charge < -0.3 is 0 Å². The van der Waals surface area contributed by atoms with Crippen LogP contribution in [0.25, 0.3) is 21.6 Å². The molecule has 2 heterocycles. The van der Waals surface area contributed by atoms with Crippen molar-refractivity contribution in [2.24, 2.45) is 0 Å². The van der Waals surface area contributed by atoms with Gasteiger partial charge in [-0.3, -0.25) is 0 Å². The van der Waals surface area contributed by atoms with E-state index >= 15 is 0 Å². The summed E-state index contributed by atoms with van der Waals surface area (Å²) in [4.78, 5) is 4.10. The van der Waals surface area contributed by atoms with Crippen LogP contribution in [0.1, 0.15) is 26.0 Å². The number of nitrogens with zero attached hydrogens (tertiary/aromatic N) is 1. The summed E-state index contributed by atoms with van der Waals surface area (Å²) in [6.45, 7) is 4.19. The van der Waals surface area contributed by atoms with Crippen LogP contribution in [0.4, 0.5) is 30.7 Å². The number of hydrogen-bond donors (Lipinski definition) is 0. The average molecular weight is 477 g/mol. The quantitative estimate of drug-likeness (QED) is 0.351. The van der Waals surface area contributed by atoms with Gasteiger partial charge in [-0.2, -0.15) is 26.3 Å². The van der Waals surface area contributed by atoms with Gasteiger partial charge in [-0.15, -0.1) is 22.7 Å². The Balaban J connectivity index is 2.02. The Hall–Kier alpha value is -2.20. The molecule has 164 valence electrons. The minimum absolute atomic E-state index is 0.0187. The van der Waals surface area contributed by atoms with Crippen LogP contribution in [0.15, 0.2) is 30.3 Å². The number of hydrogen-bond acceptors (Lipinski definition) is 3. The maximum Gasteiger partial charge on any atom is 0.380 e. The molecule has 10 heteroatoms. The van der Waals surface area contributed by atoms with Gasteiger partial charge in [-0.1, -0.05) is 12.1 Å². The molecule has 3 aromatic rings. The molecule has 0 amide bonds. The molecule has 1 aromatic carbocycles. The highest BCUT2D eigenvalue weighted by atomic mass is 32.1. The third-order valence-electron chi connectivity index (χ3n) is 5.11. The van der Waals surface area contributed by atoms with Gasteiger partial charge in [0.2, 0.25) is 0 Å². The Morgan fingerprint density at radius 1 is 0.806 bits per heavy atom. The number of thiophene rings is 1. The van der Waals surface area contributed by atoms with E-state index < -0.39 is 34.7 Å². The number of thiazole rings is 1. The van der Waals surface area contributed by atoms with E-state index in [0.29, 0.717) is 26.8 Å². The molecular formula is C21H14F7NS2. The zero-order valence-corrected chi connectivity index (χ0v) is 17.9. The van der Waals surface area contributed by atoms with Crippen LogP contribution in [-0.2, 0) is 0 Å². The third kappa shape index (κ3) is 3.06. The van der Waals surface area contributed by atoms with Crippen LogP contribution in [0.2, 0.25) is 0 Å². The Kier molecular flexibility index (Phi) is 4.90. The minimum atomic E-state index is -5.61. The number of aromatic nitrogens is 1. The van der Waals surface area contributed by atoms with Crippen molar-refractivity contribution in [1.82, 2.24) is 4.98 Å². The lowest BCUT2D eigenvalue weighted by molar-refractivity contribution is -0.254. The lowest BCUT2D eigenvalue weighted by Crippen LogP contribution is -2.48. The summed E-state index contributed by atoms with van der Waals surface area (Å²) < 4.78 is 102. The van der Waals surface area contributed by atoms with Gasteiger partial charge in [0.25, 0.3) is 0 Å². The first-order valence-electron chi connectivity index (χ1n) is 8.99. The number of rotatable bonds is 3. The molecule has 0 radical (unpaired) electrons. The van der Waals surface area contributed by atoms with E-state index in [1.165, 1.54) is 39.0 Å². The first kappa shape index (κ1) is 22.0. The van der Waals surface area contributed by atoms with E-state index in [0.717, 1.165) is 23.5 Å². The fourth-order valence-electron chi connectivity index (χ4n) is 3.64. The number of aryl methyl sites for hydroxylation is 3. The van der Waals surface area contributed by atoms with Gasteiger partial charge in [0.15, 0.2) is 0 Å². The van der Waals surface area contributed by atoms with Crippen molar-refractivity contribution in [3.8, 4) is 10.4 Å². The van der Waals surface area contributed by atoms with Crippen molar-refractivity contribution in [2.45, 2.75) is 38.5 Å². The second kappa shape index (κ2) is 6.90. The second-order valence-corrected chi connectivity index (χ2v) is 9.67. The summed E-state index contributed by atoms with van der Waals surface area (Å²) in [5, 5.41) is 0.294.